The van der Waals surface area contributed by atoms with Crippen molar-refractivity contribution in [3.8, 4) is 0 Å². The lowest BCUT2D eigenvalue weighted by Gasteiger charge is -2.41. The molecule has 4 atom stereocenters. The third kappa shape index (κ3) is 2.90. The Morgan fingerprint density at radius 3 is 3.00 bits per heavy atom. The van der Waals surface area contributed by atoms with Gasteiger partial charge in [0.05, 0.1) is 0 Å². The number of hydrogen-bond donors (Lipinski definition) is 4. The summed E-state index contributed by atoms with van der Waals surface area (Å²) in [5.74, 6) is 1.51. The van der Waals surface area contributed by atoms with E-state index in [1.54, 1.807) is 0 Å². The minimum atomic E-state index is -0.726. The molecule has 0 spiro atoms. The molecule has 0 amide bonds. The van der Waals surface area contributed by atoms with E-state index in [2.05, 4.69) is 31.3 Å². The van der Waals surface area contributed by atoms with Gasteiger partial charge in [-0.2, -0.15) is 5.21 Å². The van der Waals surface area contributed by atoms with Gasteiger partial charge in [-0.3, -0.25) is 4.79 Å². The van der Waals surface area contributed by atoms with Crippen LogP contribution in [0.1, 0.15) is 25.7 Å². The number of H-pyrrole nitrogens is 1. The van der Waals surface area contributed by atoms with Gasteiger partial charge in [-0.25, -0.2) is 0 Å². The van der Waals surface area contributed by atoms with E-state index in [0.29, 0.717) is 23.7 Å². The van der Waals surface area contributed by atoms with Crippen molar-refractivity contribution in [2.45, 2.75) is 31.7 Å². The van der Waals surface area contributed by atoms with Gasteiger partial charge in [-0.05, 0) is 55.2 Å². The van der Waals surface area contributed by atoms with Crippen LogP contribution in [0.4, 0.5) is 5.95 Å². The molecule has 1 aliphatic heterocycles. The molecule has 2 fully saturated rings. The van der Waals surface area contributed by atoms with E-state index < -0.39 is 5.97 Å². The summed E-state index contributed by atoms with van der Waals surface area (Å²) in [7, 11) is 0. The van der Waals surface area contributed by atoms with Crippen molar-refractivity contribution in [3.63, 3.8) is 0 Å². The second kappa shape index (κ2) is 5.74. The van der Waals surface area contributed by atoms with E-state index in [-0.39, 0.29) is 6.04 Å². The van der Waals surface area contributed by atoms with Crippen molar-refractivity contribution in [2.24, 2.45) is 17.8 Å². The first kappa shape index (κ1) is 13.3. The molecule has 8 nitrogen and oxygen atoms in total. The van der Waals surface area contributed by atoms with Gasteiger partial charge in [-0.15, -0.1) is 5.10 Å². The number of carbonyl (C=O) groups is 1. The maximum Gasteiger partial charge on any atom is 0.320 e. The van der Waals surface area contributed by atoms with Crippen molar-refractivity contribution in [1.29, 1.82) is 0 Å². The summed E-state index contributed by atoms with van der Waals surface area (Å²) in [4.78, 5) is 11.1. The fourth-order valence-electron chi connectivity index (χ4n) is 3.51. The minimum absolute atomic E-state index is 0.375. The number of nitrogens with one attached hydrogen (secondary N) is 3. The lowest BCUT2D eigenvalue weighted by atomic mass is 9.69. The molecule has 0 radical (unpaired) electrons. The van der Waals surface area contributed by atoms with Crippen LogP contribution in [-0.4, -0.2) is 50.8 Å². The summed E-state index contributed by atoms with van der Waals surface area (Å²) in [5.41, 5.74) is 0. The van der Waals surface area contributed by atoms with Crippen molar-refractivity contribution in [3.05, 3.63) is 0 Å². The Labute approximate surface area is 116 Å². The third-order valence-corrected chi connectivity index (χ3v) is 4.61. The lowest BCUT2D eigenvalue weighted by molar-refractivity contribution is -0.141. The Morgan fingerprint density at radius 1 is 1.35 bits per heavy atom. The fourth-order valence-corrected chi connectivity index (χ4v) is 3.51. The van der Waals surface area contributed by atoms with E-state index in [4.69, 9.17) is 5.11 Å². The number of aromatic nitrogens is 4. The Kier molecular flexibility index (Phi) is 3.81. The van der Waals surface area contributed by atoms with Crippen molar-refractivity contribution in [1.82, 2.24) is 25.9 Å². The molecule has 4 N–H and O–H groups in total. The zero-order valence-corrected chi connectivity index (χ0v) is 11.2. The number of piperidine rings is 1. The summed E-state index contributed by atoms with van der Waals surface area (Å²) in [6, 6.07) is -0.375. The molecule has 0 aromatic carbocycles. The van der Waals surface area contributed by atoms with E-state index in [9.17, 15) is 4.79 Å². The molecule has 3 rings (SSSR count). The largest absolute Gasteiger partial charge is 0.480 e. The molecule has 2 aliphatic rings. The molecule has 110 valence electrons. The average molecular weight is 280 g/mol. The number of aliphatic carboxylic acids is 1. The highest BCUT2D eigenvalue weighted by molar-refractivity contribution is 5.73. The van der Waals surface area contributed by atoms with Gasteiger partial charge in [0.25, 0.3) is 5.95 Å². The highest BCUT2D eigenvalue weighted by atomic mass is 16.4. The van der Waals surface area contributed by atoms with Gasteiger partial charge < -0.3 is 15.7 Å². The number of fused-ring (bicyclic) bond motifs is 1. The molecule has 2 heterocycles. The van der Waals surface area contributed by atoms with E-state index in [1.165, 1.54) is 12.8 Å². The normalized spacial score (nSPS) is 33.4. The summed E-state index contributed by atoms with van der Waals surface area (Å²) >= 11 is 0. The fraction of sp³-hybridized carbons (Fsp3) is 0.833. The Hall–Kier alpha value is -1.70. The van der Waals surface area contributed by atoms with Gasteiger partial charge in [0.2, 0.25) is 0 Å². The molecule has 0 unspecified atom stereocenters. The van der Waals surface area contributed by atoms with E-state index in [1.807, 2.05) is 0 Å². The smallest absolute Gasteiger partial charge is 0.320 e. The van der Waals surface area contributed by atoms with Gasteiger partial charge in [-0.1, -0.05) is 5.10 Å². The first-order valence-corrected chi connectivity index (χ1v) is 7.16. The van der Waals surface area contributed by atoms with Crippen molar-refractivity contribution in [2.75, 3.05) is 18.4 Å². The van der Waals surface area contributed by atoms with Gasteiger partial charge in [0.1, 0.15) is 6.04 Å². The van der Waals surface area contributed by atoms with E-state index >= 15 is 0 Å². The first-order chi connectivity index (χ1) is 9.72. The molecule has 1 aliphatic carbocycles. The highest BCUT2D eigenvalue weighted by Crippen LogP contribution is 2.38. The summed E-state index contributed by atoms with van der Waals surface area (Å²) in [5, 5.41) is 29.1. The number of aromatic amines is 1. The molecule has 1 aromatic heterocycles. The third-order valence-electron chi connectivity index (χ3n) is 4.61. The van der Waals surface area contributed by atoms with Crippen LogP contribution in [-0.2, 0) is 4.79 Å². The van der Waals surface area contributed by atoms with Crippen LogP contribution in [0.2, 0.25) is 0 Å². The van der Waals surface area contributed by atoms with Crippen molar-refractivity contribution < 1.29 is 9.90 Å². The number of hydrogen-bond acceptors (Lipinski definition) is 6. The summed E-state index contributed by atoms with van der Waals surface area (Å²) in [6.07, 6.45) is 4.17. The zero-order chi connectivity index (χ0) is 13.9. The van der Waals surface area contributed by atoms with Gasteiger partial charge in [0.15, 0.2) is 0 Å². The topological polar surface area (TPSA) is 116 Å². The van der Waals surface area contributed by atoms with Crippen LogP contribution < -0.4 is 10.6 Å². The van der Waals surface area contributed by atoms with Crippen molar-refractivity contribution >= 4 is 11.9 Å². The maximum absolute atomic E-state index is 11.1. The number of carboxylic acid groups (broad SMARTS) is 1. The SMILES string of the molecule is O=C(O)[C@@H]1C[C@H]2C[C@@H](CNc3nn[nH]n3)CC[C@H]2CN1. The Morgan fingerprint density at radius 2 is 2.25 bits per heavy atom. The first-order valence-electron chi connectivity index (χ1n) is 7.16. The minimum Gasteiger partial charge on any atom is -0.480 e. The molecule has 0 bridgehead atoms. The lowest BCUT2D eigenvalue weighted by Crippen LogP contribution is -2.49. The molecular formula is C12H20N6O2. The van der Waals surface area contributed by atoms with Gasteiger partial charge in [0, 0.05) is 6.54 Å². The second-order valence-electron chi connectivity index (χ2n) is 5.85. The zero-order valence-electron chi connectivity index (χ0n) is 11.2. The number of tetrazole rings is 1. The Balaban J connectivity index is 1.52. The van der Waals surface area contributed by atoms with Gasteiger partial charge >= 0.3 is 5.97 Å². The molecule has 8 heteroatoms. The maximum atomic E-state index is 11.1. The molecular weight excluding hydrogens is 260 g/mol. The summed E-state index contributed by atoms with van der Waals surface area (Å²) in [6.45, 7) is 1.67. The number of rotatable bonds is 4. The van der Waals surface area contributed by atoms with Crippen LogP contribution in [0.3, 0.4) is 0 Å². The molecule has 20 heavy (non-hydrogen) atoms. The molecule has 1 aromatic rings. The number of nitrogens with zero attached hydrogens (tertiary/aromatic N) is 3. The van der Waals surface area contributed by atoms with Crippen LogP contribution in [0.15, 0.2) is 0 Å². The molecule has 1 saturated carbocycles. The van der Waals surface area contributed by atoms with Crippen LogP contribution in [0.5, 0.6) is 0 Å². The predicted octanol–water partition coefficient (Wildman–Crippen LogP) is 0.0906. The average Bonchev–Trinajstić information content (AvgIpc) is 2.97. The number of carboxylic acids is 1. The van der Waals surface area contributed by atoms with Crippen LogP contribution >= 0.6 is 0 Å². The van der Waals surface area contributed by atoms with Crippen LogP contribution in [0, 0.1) is 17.8 Å². The van der Waals surface area contributed by atoms with E-state index in [0.717, 1.165) is 25.9 Å². The second-order valence-corrected chi connectivity index (χ2v) is 5.85. The standard InChI is InChI=1S/C12H20N6O2/c19-11(20)10-4-9-3-7(1-2-8(9)6-13-10)5-14-12-15-17-18-16-12/h7-10,13H,1-6H2,(H,19,20)(H2,14,15,16,17,18)/t7-,8-,9+,10-/m0/s1. The monoisotopic (exact) mass is 280 g/mol. The quantitative estimate of drug-likeness (QED) is 0.617. The number of anilines is 1. The molecule has 1 saturated heterocycles. The highest BCUT2D eigenvalue weighted by Gasteiger charge is 2.37. The van der Waals surface area contributed by atoms with Crippen LogP contribution in [0.25, 0.3) is 0 Å². The Bertz CT molecular complexity index is 451. The predicted molar refractivity (Wildman–Crippen MR) is 71.0 cm³/mol. The summed E-state index contributed by atoms with van der Waals surface area (Å²) < 4.78 is 0.